The first-order valence-corrected chi connectivity index (χ1v) is 11.7. The summed E-state index contributed by atoms with van der Waals surface area (Å²) in [6, 6.07) is 9.41. The van der Waals surface area contributed by atoms with Crippen LogP contribution in [0.4, 0.5) is 0 Å². The van der Waals surface area contributed by atoms with Gasteiger partial charge >= 0.3 is 5.97 Å². The Morgan fingerprint density at radius 3 is 2.65 bits per heavy atom. The highest BCUT2D eigenvalue weighted by Gasteiger charge is 2.17. The first-order chi connectivity index (χ1) is 14.9. The summed E-state index contributed by atoms with van der Waals surface area (Å²) in [5, 5.41) is 0.383. The van der Waals surface area contributed by atoms with E-state index in [9.17, 15) is 13.2 Å². The van der Waals surface area contributed by atoms with E-state index >= 15 is 0 Å². The molecule has 10 heteroatoms. The lowest BCUT2D eigenvalue weighted by molar-refractivity contribution is -0.144. The van der Waals surface area contributed by atoms with Gasteiger partial charge in [0.05, 0.1) is 36.2 Å². The van der Waals surface area contributed by atoms with Crippen molar-refractivity contribution in [2.45, 2.75) is 31.3 Å². The van der Waals surface area contributed by atoms with Gasteiger partial charge < -0.3 is 18.9 Å². The number of sulfonamides is 1. The number of hydrogen-bond donors (Lipinski definition) is 1. The van der Waals surface area contributed by atoms with Gasteiger partial charge in [0.15, 0.2) is 11.5 Å². The molecule has 0 amide bonds. The maximum atomic E-state index is 12.3. The van der Waals surface area contributed by atoms with Crippen LogP contribution in [0.25, 0.3) is 0 Å². The second-order valence-corrected chi connectivity index (χ2v) is 8.84. The molecule has 2 aromatic rings. The molecule has 0 aromatic heterocycles. The zero-order valence-corrected chi connectivity index (χ0v) is 18.6. The number of esters is 1. The van der Waals surface area contributed by atoms with E-state index in [1.54, 1.807) is 24.3 Å². The van der Waals surface area contributed by atoms with Gasteiger partial charge in [0.25, 0.3) is 0 Å². The van der Waals surface area contributed by atoms with Gasteiger partial charge in [0.1, 0.15) is 12.4 Å². The van der Waals surface area contributed by atoms with Crippen LogP contribution in [0.5, 0.6) is 17.2 Å². The number of hydrogen-bond acceptors (Lipinski definition) is 7. The van der Waals surface area contributed by atoms with E-state index in [0.29, 0.717) is 47.7 Å². The summed E-state index contributed by atoms with van der Waals surface area (Å²) in [7, 11) is -3.74. The van der Waals surface area contributed by atoms with Gasteiger partial charge in [-0.3, -0.25) is 4.79 Å². The quantitative estimate of drug-likeness (QED) is 0.562. The third kappa shape index (κ3) is 6.49. The van der Waals surface area contributed by atoms with Crippen molar-refractivity contribution < 1.29 is 32.2 Å². The van der Waals surface area contributed by atoms with Gasteiger partial charge in [-0.2, -0.15) is 0 Å². The van der Waals surface area contributed by atoms with E-state index in [1.807, 2.05) is 6.92 Å². The van der Waals surface area contributed by atoms with Crippen LogP contribution in [-0.2, 0) is 26.2 Å². The molecule has 0 radical (unpaired) electrons. The minimum absolute atomic E-state index is 0.0131. The van der Waals surface area contributed by atoms with Crippen molar-refractivity contribution in [3.8, 4) is 17.2 Å². The topological polar surface area (TPSA) is 100 Å². The predicted octanol–water partition coefficient (Wildman–Crippen LogP) is 3.31. The van der Waals surface area contributed by atoms with Gasteiger partial charge in [0, 0.05) is 13.0 Å². The molecule has 1 heterocycles. The molecule has 0 atom stereocenters. The van der Waals surface area contributed by atoms with Gasteiger partial charge in [-0.25, -0.2) is 13.1 Å². The molecular weight excluding hydrogens is 446 g/mol. The Morgan fingerprint density at radius 1 is 1.16 bits per heavy atom. The van der Waals surface area contributed by atoms with E-state index in [1.165, 1.54) is 12.1 Å². The van der Waals surface area contributed by atoms with Gasteiger partial charge in [-0.05, 0) is 48.9 Å². The summed E-state index contributed by atoms with van der Waals surface area (Å²) in [6.45, 7) is 3.27. The molecule has 0 fully saturated rings. The molecule has 0 bridgehead atoms. The highest BCUT2D eigenvalue weighted by molar-refractivity contribution is 7.89. The fourth-order valence-electron chi connectivity index (χ4n) is 2.86. The third-order valence-corrected chi connectivity index (χ3v) is 6.09. The first-order valence-electron chi connectivity index (χ1n) is 9.85. The summed E-state index contributed by atoms with van der Waals surface area (Å²) < 4.78 is 48.7. The predicted molar refractivity (Wildman–Crippen MR) is 114 cm³/mol. The highest BCUT2D eigenvalue weighted by Crippen LogP contribution is 2.38. The Hall–Kier alpha value is -2.49. The van der Waals surface area contributed by atoms with Crippen molar-refractivity contribution in [3.63, 3.8) is 0 Å². The lowest BCUT2D eigenvalue weighted by atomic mass is 10.2. The van der Waals surface area contributed by atoms with E-state index in [-0.39, 0.29) is 24.5 Å². The summed E-state index contributed by atoms with van der Waals surface area (Å²) in [6.07, 6.45) is 0.635. The van der Waals surface area contributed by atoms with E-state index in [4.69, 9.17) is 30.5 Å². The molecule has 1 aliphatic rings. The highest BCUT2D eigenvalue weighted by atomic mass is 35.5. The van der Waals surface area contributed by atoms with Crippen molar-refractivity contribution in [1.82, 2.24) is 4.72 Å². The minimum Gasteiger partial charge on any atom is -0.494 e. The van der Waals surface area contributed by atoms with E-state index in [0.717, 1.165) is 6.42 Å². The SMILES string of the molecule is CCOc1ccc(S(=O)(=O)NCCC(=O)OCc2cc(Cl)c3c(c2)OCCCO3)cc1. The maximum absolute atomic E-state index is 12.3. The number of carbonyl (C=O) groups excluding carboxylic acids is 1. The van der Waals surface area contributed by atoms with Crippen LogP contribution in [0, 0.1) is 0 Å². The molecule has 2 aromatic carbocycles. The number of fused-ring (bicyclic) bond motifs is 1. The van der Waals surface area contributed by atoms with Crippen molar-refractivity contribution >= 4 is 27.6 Å². The molecule has 168 valence electrons. The van der Waals surface area contributed by atoms with Crippen LogP contribution < -0.4 is 18.9 Å². The number of halogens is 1. The van der Waals surface area contributed by atoms with Crippen LogP contribution in [-0.4, -0.2) is 40.8 Å². The monoisotopic (exact) mass is 469 g/mol. The second-order valence-electron chi connectivity index (χ2n) is 6.67. The third-order valence-electron chi connectivity index (χ3n) is 4.33. The van der Waals surface area contributed by atoms with Crippen LogP contribution in [0.15, 0.2) is 41.3 Å². The number of ether oxygens (including phenoxy) is 4. The van der Waals surface area contributed by atoms with E-state index in [2.05, 4.69) is 4.72 Å². The Morgan fingerprint density at radius 2 is 1.90 bits per heavy atom. The molecular formula is C21H24ClNO7S. The smallest absolute Gasteiger partial charge is 0.307 e. The Kier molecular flexibility index (Phi) is 8.00. The Balaban J connectivity index is 1.48. The van der Waals surface area contributed by atoms with Crippen molar-refractivity contribution in [2.75, 3.05) is 26.4 Å². The Bertz CT molecular complexity index is 1010. The lowest BCUT2D eigenvalue weighted by Crippen LogP contribution is -2.26. The summed E-state index contributed by atoms with van der Waals surface area (Å²) in [5.41, 5.74) is 0.651. The van der Waals surface area contributed by atoms with Crippen LogP contribution in [0.1, 0.15) is 25.3 Å². The standard InChI is InChI=1S/C21H24ClNO7S/c1-2-27-16-4-6-17(7-5-16)31(25,26)23-9-8-20(24)30-14-15-12-18(22)21-19(13-15)28-10-3-11-29-21/h4-7,12-13,23H,2-3,8-11,14H2,1H3. The summed E-state index contributed by atoms with van der Waals surface area (Å²) in [4.78, 5) is 12.1. The molecule has 0 spiro atoms. The molecule has 0 saturated heterocycles. The largest absolute Gasteiger partial charge is 0.494 e. The van der Waals surface area contributed by atoms with Crippen LogP contribution in [0.2, 0.25) is 5.02 Å². The lowest BCUT2D eigenvalue weighted by Gasteiger charge is -2.12. The van der Waals surface area contributed by atoms with Gasteiger partial charge in [-0.15, -0.1) is 0 Å². The molecule has 1 aliphatic heterocycles. The zero-order chi connectivity index (χ0) is 22.3. The average molecular weight is 470 g/mol. The summed E-state index contributed by atoms with van der Waals surface area (Å²) in [5.74, 6) is 1.04. The first kappa shape index (κ1) is 23.2. The number of benzene rings is 2. The fourth-order valence-corrected chi connectivity index (χ4v) is 4.18. The van der Waals surface area contributed by atoms with Gasteiger partial charge in [-0.1, -0.05) is 11.6 Å². The summed E-state index contributed by atoms with van der Waals surface area (Å²) >= 11 is 6.22. The molecule has 8 nitrogen and oxygen atoms in total. The normalized spacial score (nSPS) is 13.4. The van der Waals surface area contributed by atoms with Crippen LogP contribution >= 0.6 is 11.6 Å². The molecule has 0 saturated carbocycles. The molecule has 1 N–H and O–H groups in total. The second kappa shape index (κ2) is 10.7. The number of rotatable bonds is 9. The van der Waals surface area contributed by atoms with Crippen molar-refractivity contribution in [2.24, 2.45) is 0 Å². The minimum atomic E-state index is -3.74. The van der Waals surface area contributed by atoms with E-state index < -0.39 is 16.0 Å². The molecule has 0 unspecified atom stereocenters. The maximum Gasteiger partial charge on any atom is 0.307 e. The number of carbonyl (C=O) groups is 1. The van der Waals surface area contributed by atoms with Crippen molar-refractivity contribution in [1.29, 1.82) is 0 Å². The fraction of sp³-hybridized carbons (Fsp3) is 0.381. The Labute approximate surface area is 186 Å². The number of nitrogens with one attached hydrogen (secondary N) is 1. The van der Waals surface area contributed by atoms with Gasteiger partial charge in [0.2, 0.25) is 10.0 Å². The molecule has 0 aliphatic carbocycles. The zero-order valence-electron chi connectivity index (χ0n) is 17.1. The average Bonchev–Trinajstić information content (AvgIpc) is 2.99. The van der Waals surface area contributed by atoms with Crippen LogP contribution in [0.3, 0.4) is 0 Å². The van der Waals surface area contributed by atoms with Crippen molar-refractivity contribution in [3.05, 3.63) is 47.0 Å². The molecule has 3 rings (SSSR count). The molecule has 31 heavy (non-hydrogen) atoms.